The minimum absolute atomic E-state index is 0.873. The molecule has 0 aliphatic carbocycles. The van der Waals surface area contributed by atoms with E-state index >= 15 is 0 Å². The van der Waals surface area contributed by atoms with Crippen LogP contribution in [0.15, 0.2) is 0 Å². The van der Waals surface area contributed by atoms with Gasteiger partial charge in [-0.25, -0.2) is 0 Å². The maximum atomic E-state index is 2.41. The van der Waals surface area contributed by atoms with Crippen molar-refractivity contribution in [3.05, 3.63) is 0 Å². The third-order valence-corrected chi connectivity index (χ3v) is 3.34. The van der Waals surface area contributed by atoms with Gasteiger partial charge in [0.2, 0.25) is 0 Å². The lowest BCUT2D eigenvalue weighted by Crippen LogP contribution is -2.02. The highest BCUT2D eigenvalue weighted by Gasteiger charge is 2.07. The zero-order valence-corrected chi connectivity index (χ0v) is 11.0. The molecule has 0 bridgehead atoms. The van der Waals surface area contributed by atoms with Crippen LogP contribution in [0.25, 0.3) is 0 Å². The summed E-state index contributed by atoms with van der Waals surface area (Å²) in [7, 11) is 0. The monoisotopic (exact) mass is 198 g/mol. The van der Waals surface area contributed by atoms with Gasteiger partial charge in [0.15, 0.2) is 0 Å². The second kappa shape index (κ2) is 8.32. The second-order valence-corrected chi connectivity index (χ2v) is 5.35. The van der Waals surface area contributed by atoms with Crippen molar-refractivity contribution in [3.63, 3.8) is 0 Å². The van der Waals surface area contributed by atoms with Crippen molar-refractivity contribution in [2.45, 2.75) is 73.1 Å². The zero-order chi connectivity index (χ0) is 11.0. The van der Waals surface area contributed by atoms with E-state index in [1.165, 1.54) is 38.5 Å². The molecule has 0 saturated heterocycles. The molecule has 86 valence electrons. The van der Waals surface area contributed by atoms with Gasteiger partial charge >= 0.3 is 0 Å². The third-order valence-electron chi connectivity index (χ3n) is 3.34. The molecule has 0 aromatic rings. The highest BCUT2D eigenvalue weighted by atomic mass is 14.1. The summed E-state index contributed by atoms with van der Waals surface area (Å²) in [5, 5.41) is 0. The molecule has 1 unspecified atom stereocenters. The summed E-state index contributed by atoms with van der Waals surface area (Å²) in [5.41, 5.74) is 0. The third kappa shape index (κ3) is 7.41. The summed E-state index contributed by atoms with van der Waals surface area (Å²) >= 11 is 0. The molecule has 0 heterocycles. The molecule has 0 nitrogen and oxygen atoms in total. The standard InChI is InChI=1S/C14H30/c1-6-14(7-2)10-8-9-13(5)11-12(3)4/h12-14H,6-11H2,1-5H3. The molecule has 0 heteroatoms. The quantitative estimate of drug-likeness (QED) is 0.498. The molecule has 0 radical (unpaired) electrons. The van der Waals surface area contributed by atoms with Gasteiger partial charge in [0.25, 0.3) is 0 Å². The van der Waals surface area contributed by atoms with Crippen molar-refractivity contribution in [1.82, 2.24) is 0 Å². The van der Waals surface area contributed by atoms with Crippen LogP contribution in [-0.4, -0.2) is 0 Å². The maximum Gasteiger partial charge on any atom is -0.0420 e. The SMILES string of the molecule is CCC(CC)CCCC(C)CC(C)C. The Morgan fingerprint density at radius 3 is 1.86 bits per heavy atom. The average Bonchev–Trinajstić information content (AvgIpc) is 2.11. The molecule has 0 aliphatic rings. The lowest BCUT2D eigenvalue weighted by Gasteiger charge is -2.16. The zero-order valence-electron chi connectivity index (χ0n) is 11.0. The molecule has 0 N–H and O–H groups in total. The fraction of sp³-hybridized carbons (Fsp3) is 1.00. The molecule has 0 aliphatic heterocycles. The summed E-state index contributed by atoms with van der Waals surface area (Å²) in [6.07, 6.45) is 8.48. The minimum Gasteiger partial charge on any atom is -0.0651 e. The van der Waals surface area contributed by atoms with E-state index < -0.39 is 0 Å². The first-order chi connectivity index (χ1) is 6.60. The van der Waals surface area contributed by atoms with E-state index in [1.54, 1.807) is 0 Å². The van der Waals surface area contributed by atoms with Gasteiger partial charge in [-0.1, -0.05) is 66.7 Å². The molecular formula is C14H30. The molecule has 14 heavy (non-hydrogen) atoms. The first-order valence-electron chi connectivity index (χ1n) is 6.60. The Balaban J connectivity index is 3.42. The van der Waals surface area contributed by atoms with Crippen molar-refractivity contribution >= 4 is 0 Å². The molecule has 0 amide bonds. The molecule has 0 rings (SSSR count). The van der Waals surface area contributed by atoms with Crippen molar-refractivity contribution < 1.29 is 0 Å². The van der Waals surface area contributed by atoms with E-state index in [-0.39, 0.29) is 0 Å². The largest absolute Gasteiger partial charge is 0.0651 e. The topological polar surface area (TPSA) is 0 Å². The molecule has 0 saturated carbocycles. The molecular weight excluding hydrogens is 168 g/mol. The first kappa shape index (κ1) is 14.0. The molecule has 1 atom stereocenters. The van der Waals surface area contributed by atoms with Gasteiger partial charge in [-0.2, -0.15) is 0 Å². The van der Waals surface area contributed by atoms with Gasteiger partial charge < -0.3 is 0 Å². The van der Waals surface area contributed by atoms with Crippen molar-refractivity contribution in [2.75, 3.05) is 0 Å². The van der Waals surface area contributed by atoms with Crippen molar-refractivity contribution in [2.24, 2.45) is 17.8 Å². The molecule has 0 fully saturated rings. The van der Waals surface area contributed by atoms with Crippen LogP contribution in [0.1, 0.15) is 73.1 Å². The lowest BCUT2D eigenvalue weighted by atomic mass is 9.90. The van der Waals surface area contributed by atoms with Gasteiger partial charge in [0, 0.05) is 0 Å². The predicted octanol–water partition coefficient (Wildman–Crippen LogP) is 5.28. The Morgan fingerprint density at radius 2 is 1.43 bits per heavy atom. The fourth-order valence-corrected chi connectivity index (χ4v) is 2.37. The maximum absolute atomic E-state index is 2.41. The van der Waals surface area contributed by atoms with E-state index in [9.17, 15) is 0 Å². The van der Waals surface area contributed by atoms with Crippen molar-refractivity contribution in [1.29, 1.82) is 0 Å². The summed E-state index contributed by atoms with van der Waals surface area (Å²) < 4.78 is 0. The Hall–Kier alpha value is 0. The summed E-state index contributed by atoms with van der Waals surface area (Å²) in [4.78, 5) is 0. The van der Waals surface area contributed by atoms with Crippen LogP contribution in [0.2, 0.25) is 0 Å². The molecule has 0 aromatic heterocycles. The number of hydrogen-bond acceptors (Lipinski definition) is 0. The fourth-order valence-electron chi connectivity index (χ4n) is 2.37. The van der Waals surface area contributed by atoms with Gasteiger partial charge in [-0.15, -0.1) is 0 Å². The van der Waals surface area contributed by atoms with E-state index in [2.05, 4.69) is 34.6 Å². The van der Waals surface area contributed by atoms with Crippen LogP contribution < -0.4 is 0 Å². The summed E-state index contributed by atoms with van der Waals surface area (Å²) in [5.74, 6) is 2.80. The normalized spacial score (nSPS) is 13.9. The highest BCUT2D eigenvalue weighted by Crippen LogP contribution is 2.21. The second-order valence-electron chi connectivity index (χ2n) is 5.35. The number of rotatable bonds is 8. The average molecular weight is 198 g/mol. The van der Waals surface area contributed by atoms with Crippen LogP contribution in [0, 0.1) is 17.8 Å². The van der Waals surface area contributed by atoms with E-state index in [0.29, 0.717) is 0 Å². The van der Waals surface area contributed by atoms with Gasteiger partial charge in [-0.05, 0) is 24.2 Å². The van der Waals surface area contributed by atoms with Crippen LogP contribution in [0.3, 0.4) is 0 Å². The Kier molecular flexibility index (Phi) is 8.32. The number of hydrogen-bond donors (Lipinski definition) is 0. The Labute approximate surface area is 91.5 Å². The van der Waals surface area contributed by atoms with Crippen LogP contribution in [0.4, 0.5) is 0 Å². The summed E-state index contributed by atoms with van der Waals surface area (Å²) in [6.45, 7) is 11.7. The van der Waals surface area contributed by atoms with Gasteiger partial charge in [0.05, 0.1) is 0 Å². The lowest BCUT2D eigenvalue weighted by molar-refractivity contribution is 0.367. The first-order valence-corrected chi connectivity index (χ1v) is 6.60. The van der Waals surface area contributed by atoms with Crippen LogP contribution in [0.5, 0.6) is 0 Å². The van der Waals surface area contributed by atoms with E-state index in [0.717, 1.165) is 17.8 Å². The van der Waals surface area contributed by atoms with Gasteiger partial charge in [0.1, 0.15) is 0 Å². The van der Waals surface area contributed by atoms with Crippen molar-refractivity contribution in [3.8, 4) is 0 Å². The summed E-state index contributed by atoms with van der Waals surface area (Å²) in [6, 6.07) is 0. The smallest absolute Gasteiger partial charge is 0.0420 e. The van der Waals surface area contributed by atoms with Crippen LogP contribution in [-0.2, 0) is 0 Å². The molecule has 0 spiro atoms. The highest BCUT2D eigenvalue weighted by molar-refractivity contribution is 4.60. The molecule has 0 aromatic carbocycles. The van der Waals surface area contributed by atoms with Crippen LogP contribution >= 0.6 is 0 Å². The predicted molar refractivity (Wildman–Crippen MR) is 66.5 cm³/mol. The minimum atomic E-state index is 0.873. The Morgan fingerprint density at radius 1 is 0.857 bits per heavy atom. The van der Waals surface area contributed by atoms with Gasteiger partial charge in [-0.3, -0.25) is 0 Å². The van der Waals surface area contributed by atoms with E-state index in [1.807, 2.05) is 0 Å². The van der Waals surface area contributed by atoms with E-state index in [4.69, 9.17) is 0 Å². The Bertz CT molecular complexity index is 111.